The molecule has 2 nitrogen and oxygen atoms in total. The number of hydrogen-bond acceptors (Lipinski definition) is 2. The molecule has 0 N–H and O–H groups in total. The minimum Gasteiger partial charge on any atom is -0.497 e. The van der Waals surface area contributed by atoms with Crippen LogP contribution in [-0.2, 0) is 12.8 Å². The molecule has 0 bridgehead atoms. The minimum absolute atomic E-state index is 0.735. The average Bonchev–Trinajstić information content (AvgIpc) is 2.72. The van der Waals surface area contributed by atoms with Gasteiger partial charge in [0.2, 0.25) is 0 Å². The van der Waals surface area contributed by atoms with E-state index in [1.807, 2.05) is 30.3 Å². The fourth-order valence-electron chi connectivity index (χ4n) is 4.06. The van der Waals surface area contributed by atoms with E-state index in [0.29, 0.717) is 0 Å². The van der Waals surface area contributed by atoms with Crippen molar-refractivity contribution in [2.75, 3.05) is 7.11 Å². The van der Waals surface area contributed by atoms with Crippen LogP contribution in [0.1, 0.15) is 11.1 Å². The van der Waals surface area contributed by atoms with E-state index in [9.17, 15) is 0 Å². The summed E-state index contributed by atoms with van der Waals surface area (Å²) in [6, 6.07) is 22.8. The van der Waals surface area contributed by atoms with Crippen molar-refractivity contribution < 1.29 is 4.74 Å². The lowest BCUT2D eigenvalue weighted by atomic mass is 9.83. The summed E-state index contributed by atoms with van der Waals surface area (Å²) in [5.41, 5.74) is 8.25. The molecule has 0 amide bonds. The van der Waals surface area contributed by atoms with Gasteiger partial charge in [-0.25, -0.2) is 4.98 Å². The van der Waals surface area contributed by atoms with E-state index in [1.54, 1.807) is 7.11 Å². The molecule has 1 aliphatic carbocycles. The monoisotopic (exact) mass is 371 g/mol. The highest BCUT2D eigenvalue weighted by Crippen LogP contribution is 2.42. The van der Waals surface area contributed by atoms with Crippen molar-refractivity contribution >= 4 is 22.5 Å². The molecular formula is C24H18ClNO. The molecule has 132 valence electrons. The van der Waals surface area contributed by atoms with Crippen molar-refractivity contribution in [2.45, 2.75) is 12.8 Å². The number of rotatable bonds is 2. The molecule has 0 saturated heterocycles. The topological polar surface area (TPSA) is 22.1 Å². The number of nitrogens with zero attached hydrogens (tertiary/aromatic N) is 1. The second-order valence-corrected chi connectivity index (χ2v) is 7.30. The Balaban J connectivity index is 1.89. The van der Waals surface area contributed by atoms with Gasteiger partial charge in [-0.15, -0.1) is 0 Å². The average molecular weight is 372 g/mol. The Bertz CT molecular complexity index is 1170. The van der Waals surface area contributed by atoms with E-state index in [1.165, 1.54) is 27.8 Å². The quantitative estimate of drug-likeness (QED) is 0.410. The molecule has 0 aliphatic heterocycles. The molecular weight excluding hydrogens is 354 g/mol. The van der Waals surface area contributed by atoms with E-state index in [-0.39, 0.29) is 0 Å². The van der Waals surface area contributed by atoms with E-state index < -0.39 is 0 Å². The van der Waals surface area contributed by atoms with Crippen LogP contribution in [0.5, 0.6) is 5.75 Å². The minimum atomic E-state index is 0.735. The summed E-state index contributed by atoms with van der Waals surface area (Å²) in [5, 5.41) is 1.85. The second kappa shape index (κ2) is 6.40. The number of ether oxygens (including phenoxy) is 1. The molecule has 3 heteroatoms. The normalized spacial score (nSPS) is 12.5. The highest BCUT2D eigenvalue weighted by Gasteiger charge is 2.23. The van der Waals surface area contributed by atoms with Crippen molar-refractivity contribution in [1.29, 1.82) is 0 Å². The zero-order chi connectivity index (χ0) is 18.4. The third-order valence-corrected chi connectivity index (χ3v) is 5.56. The Labute approximate surface area is 163 Å². The van der Waals surface area contributed by atoms with Gasteiger partial charge in [0, 0.05) is 16.0 Å². The lowest BCUT2D eigenvalue weighted by Gasteiger charge is -2.24. The van der Waals surface area contributed by atoms with E-state index in [2.05, 4.69) is 36.4 Å². The van der Waals surface area contributed by atoms with Crippen LogP contribution < -0.4 is 4.74 Å². The predicted molar refractivity (Wildman–Crippen MR) is 112 cm³/mol. The van der Waals surface area contributed by atoms with Crippen LogP contribution in [0.15, 0.2) is 66.7 Å². The van der Waals surface area contributed by atoms with E-state index in [0.717, 1.165) is 40.2 Å². The third kappa shape index (κ3) is 2.68. The van der Waals surface area contributed by atoms with Crippen molar-refractivity contribution in [3.8, 4) is 28.1 Å². The first kappa shape index (κ1) is 16.3. The van der Waals surface area contributed by atoms with Crippen molar-refractivity contribution in [2.24, 2.45) is 0 Å². The zero-order valence-electron chi connectivity index (χ0n) is 15.0. The SMILES string of the molecule is COc1ccc2c(c1)-c1nc3ccc(Cl)cc3c(-c3ccccc3)c1CC2. The molecule has 3 aromatic carbocycles. The molecule has 0 radical (unpaired) electrons. The van der Waals surface area contributed by atoms with Crippen LogP contribution >= 0.6 is 11.6 Å². The zero-order valence-corrected chi connectivity index (χ0v) is 15.8. The van der Waals surface area contributed by atoms with Crippen molar-refractivity contribution in [3.05, 3.63) is 82.9 Å². The Morgan fingerprint density at radius 3 is 2.59 bits per heavy atom. The Morgan fingerprint density at radius 1 is 0.926 bits per heavy atom. The first-order valence-corrected chi connectivity index (χ1v) is 9.47. The molecule has 1 aromatic heterocycles. The fraction of sp³-hybridized carbons (Fsp3) is 0.125. The lowest BCUT2D eigenvalue weighted by Crippen LogP contribution is -2.08. The maximum absolute atomic E-state index is 6.34. The highest BCUT2D eigenvalue weighted by atomic mass is 35.5. The Morgan fingerprint density at radius 2 is 1.78 bits per heavy atom. The maximum atomic E-state index is 6.34. The summed E-state index contributed by atoms with van der Waals surface area (Å²) in [4.78, 5) is 5.05. The van der Waals surface area contributed by atoms with Gasteiger partial charge >= 0.3 is 0 Å². The summed E-state index contributed by atoms with van der Waals surface area (Å²) < 4.78 is 5.47. The molecule has 0 spiro atoms. The number of pyridine rings is 1. The van der Waals surface area contributed by atoms with Gasteiger partial charge < -0.3 is 4.74 Å². The number of benzene rings is 3. The summed E-state index contributed by atoms with van der Waals surface area (Å²) in [6.07, 6.45) is 1.97. The molecule has 4 aromatic rings. The molecule has 0 atom stereocenters. The largest absolute Gasteiger partial charge is 0.497 e. The Kier molecular flexibility index (Phi) is 3.87. The molecule has 5 rings (SSSR count). The first-order valence-electron chi connectivity index (χ1n) is 9.09. The van der Waals surface area contributed by atoms with E-state index >= 15 is 0 Å². The van der Waals surface area contributed by atoms with Crippen LogP contribution in [0, 0.1) is 0 Å². The van der Waals surface area contributed by atoms with Gasteiger partial charge in [-0.05, 0) is 65.4 Å². The molecule has 0 unspecified atom stereocenters. The highest BCUT2D eigenvalue weighted by molar-refractivity contribution is 6.31. The third-order valence-electron chi connectivity index (χ3n) is 5.33. The van der Waals surface area contributed by atoms with Crippen LogP contribution in [0.2, 0.25) is 5.02 Å². The lowest BCUT2D eigenvalue weighted by molar-refractivity contribution is 0.415. The summed E-state index contributed by atoms with van der Waals surface area (Å²) in [5.74, 6) is 0.862. The summed E-state index contributed by atoms with van der Waals surface area (Å²) in [6.45, 7) is 0. The first-order chi connectivity index (χ1) is 13.2. The summed E-state index contributed by atoms with van der Waals surface area (Å²) >= 11 is 6.34. The number of aromatic nitrogens is 1. The molecule has 27 heavy (non-hydrogen) atoms. The van der Waals surface area contributed by atoms with Gasteiger partial charge in [0.05, 0.1) is 18.3 Å². The number of methoxy groups -OCH3 is 1. The second-order valence-electron chi connectivity index (χ2n) is 6.86. The molecule has 1 aliphatic rings. The number of halogens is 1. The van der Waals surface area contributed by atoms with Crippen LogP contribution in [0.3, 0.4) is 0 Å². The number of aryl methyl sites for hydroxylation is 1. The van der Waals surface area contributed by atoms with Crippen LogP contribution in [0.4, 0.5) is 0 Å². The number of fused-ring (bicyclic) bond motifs is 4. The van der Waals surface area contributed by atoms with Gasteiger partial charge in [0.15, 0.2) is 0 Å². The Hall–Kier alpha value is -2.84. The standard InChI is InChI=1S/C24H18ClNO/c1-27-18-10-7-15-8-11-19-23(16-5-3-2-4-6-16)21-13-17(25)9-12-22(21)26-24(19)20(15)14-18/h2-7,9-10,12-14H,8,11H2,1H3. The van der Waals surface area contributed by atoms with Crippen molar-refractivity contribution in [3.63, 3.8) is 0 Å². The fourth-order valence-corrected chi connectivity index (χ4v) is 4.23. The maximum Gasteiger partial charge on any atom is 0.119 e. The predicted octanol–water partition coefficient (Wildman–Crippen LogP) is 6.33. The summed E-state index contributed by atoms with van der Waals surface area (Å²) in [7, 11) is 1.71. The van der Waals surface area contributed by atoms with Crippen LogP contribution in [-0.4, -0.2) is 12.1 Å². The van der Waals surface area contributed by atoms with Gasteiger partial charge in [-0.1, -0.05) is 48.0 Å². The van der Waals surface area contributed by atoms with Crippen molar-refractivity contribution in [1.82, 2.24) is 4.98 Å². The van der Waals surface area contributed by atoms with Gasteiger partial charge in [0.25, 0.3) is 0 Å². The smallest absolute Gasteiger partial charge is 0.119 e. The number of hydrogen-bond donors (Lipinski definition) is 0. The molecule has 0 fully saturated rings. The van der Waals surface area contributed by atoms with Crippen LogP contribution in [0.25, 0.3) is 33.3 Å². The van der Waals surface area contributed by atoms with Gasteiger partial charge in [0.1, 0.15) is 5.75 Å². The molecule has 0 saturated carbocycles. The van der Waals surface area contributed by atoms with Gasteiger partial charge in [-0.3, -0.25) is 0 Å². The molecule has 1 heterocycles. The van der Waals surface area contributed by atoms with Gasteiger partial charge in [-0.2, -0.15) is 0 Å². The van der Waals surface area contributed by atoms with E-state index in [4.69, 9.17) is 21.3 Å².